The molecule has 0 radical (unpaired) electrons. The molecule has 1 N–H and O–H groups in total. The number of halogens is 1. The van der Waals surface area contributed by atoms with E-state index in [4.69, 9.17) is 4.74 Å². The van der Waals surface area contributed by atoms with Gasteiger partial charge in [-0.25, -0.2) is 9.37 Å². The van der Waals surface area contributed by atoms with E-state index in [1.54, 1.807) is 31.6 Å². The fourth-order valence-electron chi connectivity index (χ4n) is 2.86. The molecule has 1 amide bonds. The second-order valence-electron chi connectivity index (χ2n) is 6.47. The molecule has 144 valence electrons. The van der Waals surface area contributed by atoms with Gasteiger partial charge in [0.1, 0.15) is 11.6 Å². The molecule has 0 saturated carbocycles. The van der Waals surface area contributed by atoms with E-state index < -0.39 is 0 Å². The summed E-state index contributed by atoms with van der Waals surface area (Å²) in [5.41, 5.74) is 3.31. The van der Waals surface area contributed by atoms with Crippen LogP contribution in [0.2, 0.25) is 0 Å². The number of nitrogens with one attached hydrogen (secondary N) is 1. The first-order valence-corrected chi connectivity index (χ1v) is 8.89. The van der Waals surface area contributed by atoms with Gasteiger partial charge in [0.15, 0.2) is 0 Å². The van der Waals surface area contributed by atoms with Gasteiger partial charge in [-0.3, -0.25) is 4.79 Å². The number of rotatable bonds is 6. The quantitative estimate of drug-likeness (QED) is 0.653. The van der Waals surface area contributed by atoms with Gasteiger partial charge in [0.25, 0.3) is 0 Å². The molecule has 0 fully saturated rings. The summed E-state index contributed by atoms with van der Waals surface area (Å²) >= 11 is 0. The lowest BCUT2D eigenvalue weighted by molar-refractivity contribution is -0.117. The predicted molar refractivity (Wildman–Crippen MR) is 107 cm³/mol. The van der Waals surface area contributed by atoms with Crippen LogP contribution in [0.3, 0.4) is 0 Å². The molecule has 0 aliphatic carbocycles. The van der Waals surface area contributed by atoms with E-state index in [0.29, 0.717) is 11.3 Å². The Hall–Kier alpha value is -3.41. The van der Waals surface area contributed by atoms with Crippen LogP contribution in [0.1, 0.15) is 29.8 Å². The Morgan fingerprint density at radius 1 is 1.29 bits per heavy atom. The van der Waals surface area contributed by atoms with E-state index in [-0.39, 0.29) is 17.8 Å². The molecule has 1 aromatic heterocycles. The Morgan fingerprint density at radius 3 is 2.79 bits per heavy atom. The van der Waals surface area contributed by atoms with Crippen molar-refractivity contribution in [2.45, 2.75) is 19.9 Å². The summed E-state index contributed by atoms with van der Waals surface area (Å²) < 4.78 is 20.7. The van der Waals surface area contributed by atoms with Crippen molar-refractivity contribution in [1.82, 2.24) is 14.9 Å². The van der Waals surface area contributed by atoms with Crippen molar-refractivity contribution < 1.29 is 13.9 Å². The molecule has 28 heavy (non-hydrogen) atoms. The molecular formula is C22H22FN3O2. The molecule has 0 aliphatic heterocycles. The van der Waals surface area contributed by atoms with Gasteiger partial charge in [-0.1, -0.05) is 18.2 Å². The molecule has 0 saturated heterocycles. The lowest BCUT2D eigenvalue weighted by Gasteiger charge is -2.13. The van der Waals surface area contributed by atoms with Crippen molar-refractivity contribution in [3.63, 3.8) is 0 Å². The minimum Gasteiger partial charge on any atom is -0.495 e. The lowest BCUT2D eigenvalue weighted by atomic mass is 10.1. The molecule has 3 aromatic rings. The average molecular weight is 379 g/mol. The van der Waals surface area contributed by atoms with Crippen molar-refractivity contribution in [3.8, 4) is 11.4 Å². The maximum atomic E-state index is 13.3. The van der Waals surface area contributed by atoms with E-state index in [0.717, 1.165) is 16.9 Å². The number of nitrogens with zero attached hydrogens (tertiary/aromatic N) is 2. The average Bonchev–Trinajstić information content (AvgIpc) is 3.12. The minimum absolute atomic E-state index is 0.259. The standard InChI is InChI=1S/C22H22FN3O2/c1-15-13-26(14-24-15)20-9-7-17(11-21(20)28-3)8-10-22(27)25-16(2)18-5-4-6-19(23)12-18/h4-14,16H,1-3H3,(H,25,27)/b10-8+. The first-order valence-electron chi connectivity index (χ1n) is 8.89. The number of ether oxygens (including phenoxy) is 1. The predicted octanol–water partition coefficient (Wildman–Crippen LogP) is 4.22. The van der Waals surface area contributed by atoms with Gasteiger partial charge in [0.05, 0.1) is 30.9 Å². The van der Waals surface area contributed by atoms with Gasteiger partial charge < -0.3 is 14.6 Å². The highest BCUT2D eigenvalue weighted by Gasteiger charge is 2.09. The maximum Gasteiger partial charge on any atom is 0.244 e. The van der Waals surface area contributed by atoms with Gasteiger partial charge in [0.2, 0.25) is 5.91 Å². The van der Waals surface area contributed by atoms with Crippen LogP contribution in [0, 0.1) is 12.7 Å². The largest absolute Gasteiger partial charge is 0.495 e. The van der Waals surface area contributed by atoms with Crippen molar-refractivity contribution >= 4 is 12.0 Å². The number of aryl methyl sites for hydroxylation is 1. The van der Waals surface area contributed by atoms with Gasteiger partial charge in [-0.15, -0.1) is 0 Å². The normalized spacial score (nSPS) is 12.1. The third-order valence-corrected chi connectivity index (χ3v) is 4.33. The Balaban J connectivity index is 1.70. The van der Waals surface area contributed by atoms with Crippen molar-refractivity contribution in [2.24, 2.45) is 0 Å². The lowest BCUT2D eigenvalue weighted by Crippen LogP contribution is -2.24. The molecule has 3 rings (SSSR count). The van der Waals surface area contributed by atoms with Gasteiger partial charge in [-0.2, -0.15) is 0 Å². The zero-order chi connectivity index (χ0) is 20.1. The summed E-state index contributed by atoms with van der Waals surface area (Å²) in [5.74, 6) is 0.0903. The van der Waals surface area contributed by atoms with E-state index in [9.17, 15) is 9.18 Å². The molecule has 6 heteroatoms. The van der Waals surface area contributed by atoms with Crippen LogP contribution in [-0.4, -0.2) is 22.6 Å². The van der Waals surface area contributed by atoms with Gasteiger partial charge in [-0.05, 0) is 55.3 Å². The molecule has 1 atom stereocenters. The Morgan fingerprint density at radius 2 is 2.11 bits per heavy atom. The second-order valence-corrected chi connectivity index (χ2v) is 6.47. The Kier molecular flexibility index (Phi) is 5.89. The molecule has 1 unspecified atom stereocenters. The fourth-order valence-corrected chi connectivity index (χ4v) is 2.86. The monoisotopic (exact) mass is 379 g/mol. The van der Waals surface area contributed by atoms with E-state index >= 15 is 0 Å². The SMILES string of the molecule is COc1cc(/C=C/C(=O)NC(C)c2cccc(F)c2)ccc1-n1cnc(C)c1. The van der Waals surface area contributed by atoms with Crippen LogP contribution in [0.15, 0.2) is 61.1 Å². The molecule has 0 spiro atoms. The maximum absolute atomic E-state index is 13.3. The van der Waals surface area contributed by atoms with Crippen molar-refractivity contribution in [3.05, 3.63) is 83.7 Å². The zero-order valence-electron chi connectivity index (χ0n) is 16.0. The summed E-state index contributed by atoms with van der Waals surface area (Å²) in [6.45, 7) is 3.73. The Bertz CT molecular complexity index is 1010. The highest BCUT2D eigenvalue weighted by atomic mass is 19.1. The molecule has 0 bridgehead atoms. The third-order valence-electron chi connectivity index (χ3n) is 4.33. The molecule has 0 aliphatic rings. The summed E-state index contributed by atoms with van der Waals surface area (Å²) in [5, 5.41) is 2.83. The molecular weight excluding hydrogens is 357 g/mol. The highest BCUT2D eigenvalue weighted by Crippen LogP contribution is 2.25. The fraction of sp³-hybridized carbons (Fsp3) is 0.182. The minimum atomic E-state index is -0.325. The number of methoxy groups -OCH3 is 1. The van der Waals surface area contributed by atoms with E-state index in [1.165, 1.54) is 18.2 Å². The number of benzene rings is 2. The van der Waals surface area contributed by atoms with Crippen LogP contribution in [-0.2, 0) is 4.79 Å². The van der Waals surface area contributed by atoms with Crippen LogP contribution in [0.4, 0.5) is 4.39 Å². The number of aromatic nitrogens is 2. The second kappa shape index (κ2) is 8.52. The van der Waals surface area contributed by atoms with Crippen LogP contribution >= 0.6 is 0 Å². The van der Waals surface area contributed by atoms with Crippen LogP contribution in [0.5, 0.6) is 5.75 Å². The number of carbonyl (C=O) groups excluding carboxylic acids is 1. The van der Waals surface area contributed by atoms with E-state index in [1.807, 2.05) is 42.8 Å². The number of imidazole rings is 1. The summed E-state index contributed by atoms with van der Waals surface area (Å²) in [6.07, 6.45) is 6.79. The highest BCUT2D eigenvalue weighted by molar-refractivity contribution is 5.92. The van der Waals surface area contributed by atoms with Gasteiger partial charge >= 0.3 is 0 Å². The summed E-state index contributed by atoms with van der Waals surface area (Å²) in [6, 6.07) is 11.5. The first-order chi connectivity index (χ1) is 13.5. The van der Waals surface area contributed by atoms with Crippen LogP contribution < -0.4 is 10.1 Å². The summed E-state index contributed by atoms with van der Waals surface area (Å²) in [7, 11) is 1.60. The summed E-state index contributed by atoms with van der Waals surface area (Å²) in [4.78, 5) is 16.4. The van der Waals surface area contributed by atoms with Crippen LogP contribution in [0.25, 0.3) is 11.8 Å². The molecule has 5 nitrogen and oxygen atoms in total. The third kappa shape index (κ3) is 4.65. The smallest absolute Gasteiger partial charge is 0.244 e. The molecule has 1 heterocycles. The number of carbonyl (C=O) groups is 1. The number of hydrogen-bond acceptors (Lipinski definition) is 3. The molecule has 2 aromatic carbocycles. The Labute approximate surface area is 163 Å². The van der Waals surface area contributed by atoms with Gasteiger partial charge in [0, 0.05) is 12.3 Å². The van der Waals surface area contributed by atoms with Crippen molar-refractivity contribution in [1.29, 1.82) is 0 Å². The van der Waals surface area contributed by atoms with Crippen molar-refractivity contribution in [2.75, 3.05) is 7.11 Å². The number of amides is 1. The topological polar surface area (TPSA) is 56.1 Å². The van der Waals surface area contributed by atoms with E-state index in [2.05, 4.69) is 10.3 Å². The first kappa shape index (κ1) is 19.4. The number of hydrogen-bond donors (Lipinski definition) is 1. The zero-order valence-corrected chi connectivity index (χ0v) is 16.0.